The molecule has 3 N–H and O–H groups in total. The van der Waals surface area contributed by atoms with Crippen molar-refractivity contribution in [1.29, 1.82) is 0 Å². The highest BCUT2D eigenvalue weighted by Crippen LogP contribution is 2.27. The first-order valence-corrected chi connectivity index (χ1v) is 5.24. The fourth-order valence-electron chi connectivity index (χ4n) is 1.70. The van der Waals surface area contributed by atoms with E-state index in [1.54, 1.807) is 24.3 Å². The van der Waals surface area contributed by atoms with Crippen molar-refractivity contribution < 1.29 is 9.50 Å². The zero-order valence-corrected chi connectivity index (χ0v) is 9.39. The SMILES string of the molecule is Cc1ccc(F)c(C(O)c2cccnc2N)c1. The molecule has 0 aliphatic heterocycles. The van der Waals surface area contributed by atoms with Gasteiger partial charge in [0.15, 0.2) is 0 Å². The van der Waals surface area contributed by atoms with E-state index >= 15 is 0 Å². The van der Waals surface area contributed by atoms with Crippen LogP contribution >= 0.6 is 0 Å². The van der Waals surface area contributed by atoms with Crippen LogP contribution in [0.4, 0.5) is 10.2 Å². The summed E-state index contributed by atoms with van der Waals surface area (Å²) in [5.41, 5.74) is 7.16. The smallest absolute Gasteiger partial charge is 0.129 e. The Morgan fingerprint density at radius 3 is 2.76 bits per heavy atom. The van der Waals surface area contributed by atoms with E-state index in [1.807, 2.05) is 6.92 Å². The van der Waals surface area contributed by atoms with Gasteiger partial charge in [0, 0.05) is 17.3 Å². The van der Waals surface area contributed by atoms with Gasteiger partial charge in [-0.3, -0.25) is 0 Å². The molecule has 1 heterocycles. The van der Waals surface area contributed by atoms with Crippen molar-refractivity contribution in [2.45, 2.75) is 13.0 Å². The fraction of sp³-hybridized carbons (Fsp3) is 0.154. The molecule has 2 aromatic rings. The Morgan fingerprint density at radius 2 is 2.06 bits per heavy atom. The van der Waals surface area contributed by atoms with Crippen molar-refractivity contribution in [3.05, 3.63) is 59.0 Å². The first-order valence-electron chi connectivity index (χ1n) is 5.24. The van der Waals surface area contributed by atoms with Crippen molar-refractivity contribution in [1.82, 2.24) is 4.98 Å². The quantitative estimate of drug-likeness (QED) is 0.834. The summed E-state index contributed by atoms with van der Waals surface area (Å²) in [6, 6.07) is 7.88. The van der Waals surface area contributed by atoms with Crippen LogP contribution in [0.5, 0.6) is 0 Å². The van der Waals surface area contributed by atoms with Gasteiger partial charge in [0.1, 0.15) is 17.7 Å². The lowest BCUT2D eigenvalue weighted by atomic mass is 10.00. The summed E-state index contributed by atoms with van der Waals surface area (Å²) in [6.45, 7) is 1.84. The molecule has 0 spiro atoms. The van der Waals surface area contributed by atoms with E-state index < -0.39 is 11.9 Å². The molecule has 0 aliphatic carbocycles. The number of hydrogen-bond acceptors (Lipinski definition) is 3. The molecular formula is C13H13FN2O. The highest BCUT2D eigenvalue weighted by Gasteiger charge is 2.17. The van der Waals surface area contributed by atoms with Gasteiger partial charge in [0.05, 0.1) is 0 Å². The van der Waals surface area contributed by atoms with E-state index in [0.29, 0.717) is 5.56 Å². The molecule has 0 amide bonds. The number of nitrogens with two attached hydrogens (primary N) is 1. The van der Waals surface area contributed by atoms with Gasteiger partial charge in [-0.2, -0.15) is 0 Å². The predicted octanol–water partition coefficient (Wildman–Crippen LogP) is 2.19. The Balaban J connectivity index is 2.47. The van der Waals surface area contributed by atoms with Crippen molar-refractivity contribution in [3.63, 3.8) is 0 Å². The molecule has 3 nitrogen and oxygen atoms in total. The molecule has 0 saturated carbocycles. The van der Waals surface area contributed by atoms with E-state index in [0.717, 1.165) is 5.56 Å². The van der Waals surface area contributed by atoms with Crippen LogP contribution in [-0.4, -0.2) is 10.1 Å². The number of pyridine rings is 1. The third kappa shape index (κ3) is 2.26. The van der Waals surface area contributed by atoms with Crippen LogP contribution in [-0.2, 0) is 0 Å². The molecule has 2 rings (SSSR count). The normalized spacial score (nSPS) is 12.4. The van der Waals surface area contributed by atoms with Crippen LogP contribution in [0.25, 0.3) is 0 Å². The second-order valence-corrected chi connectivity index (χ2v) is 3.91. The maximum absolute atomic E-state index is 13.6. The number of aryl methyl sites for hydroxylation is 1. The molecule has 88 valence electrons. The maximum Gasteiger partial charge on any atom is 0.129 e. The highest BCUT2D eigenvalue weighted by atomic mass is 19.1. The summed E-state index contributed by atoms with van der Waals surface area (Å²) in [5, 5.41) is 10.1. The van der Waals surface area contributed by atoms with Gasteiger partial charge in [-0.1, -0.05) is 23.8 Å². The minimum atomic E-state index is -1.09. The molecule has 0 saturated heterocycles. The van der Waals surface area contributed by atoms with Crippen molar-refractivity contribution in [2.24, 2.45) is 0 Å². The van der Waals surface area contributed by atoms with Crippen LogP contribution < -0.4 is 5.73 Å². The zero-order valence-electron chi connectivity index (χ0n) is 9.39. The van der Waals surface area contributed by atoms with Crippen LogP contribution in [0.1, 0.15) is 22.8 Å². The second kappa shape index (κ2) is 4.51. The highest BCUT2D eigenvalue weighted by molar-refractivity contribution is 5.45. The Labute approximate surface area is 98.7 Å². The standard InChI is InChI=1S/C13H13FN2O/c1-8-4-5-11(14)10(7-8)12(17)9-3-2-6-16-13(9)15/h2-7,12,17H,1H3,(H2,15,16). The minimum absolute atomic E-state index is 0.209. The predicted molar refractivity (Wildman–Crippen MR) is 63.8 cm³/mol. The summed E-state index contributed by atoms with van der Waals surface area (Å²) >= 11 is 0. The number of hydrogen-bond donors (Lipinski definition) is 2. The van der Waals surface area contributed by atoms with E-state index in [1.165, 1.54) is 12.3 Å². The van der Waals surface area contributed by atoms with Crippen LogP contribution in [0.2, 0.25) is 0 Å². The molecular weight excluding hydrogens is 219 g/mol. The number of nitrogen functional groups attached to an aromatic ring is 1. The van der Waals surface area contributed by atoms with Crippen molar-refractivity contribution in [2.75, 3.05) is 5.73 Å². The molecule has 1 atom stereocenters. The first-order chi connectivity index (χ1) is 8.09. The molecule has 0 radical (unpaired) electrons. The third-order valence-corrected chi connectivity index (χ3v) is 2.61. The van der Waals surface area contributed by atoms with Gasteiger partial charge in [-0.15, -0.1) is 0 Å². The Morgan fingerprint density at radius 1 is 1.29 bits per heavy atom. The fourth-order valence-corrected chi connectivity index (χ4v) is 1.70. The molecule has 1 unspecified atom stereocenters. The molecule has 0 aliphatic rings. The van der Waals surface area contributed by atoms with Crippen LogP contribution in [0.3, 0.4) is 0 Å². The summed E-state index contributed by atoms with van der Waals surface area (Å²) < 4.78 is 13.6. The molecule has 0 bridgehead atoms. The minimum Gasteiger partial charge on any atom is -0.383 e. The number of benzene rings is 1. The average Bonchev–Trinajstić information content (AvgIpc) is 2.32. The molecule has 0 fully saturated rings. The lowest BCUT2D eigenvalue weighted by Gasteiger charge is -2.14. The van der Waals surface area contributed by atoms with Crippen molar-refractivity contribution >= 4 is 5.82 Å². The first kappa shape index (κ1) is 11.5. The summed E-state index contributed by atoms with van der Waals surface area (Å²) in [6.07, 6.45) is 0.432. The van der Waals surface area contributed by atoms with Gasteiger partial charge >= 0.3 is 0 Å². The summed E-state index contributed by atoms with van der Waals surface area (Å²) in [5.74, 6) is -0.243. The number of anilines is 1. The number of rotatable bonds is 2. The van der Waals surface area contributed by atoms with E-state index in [9.17, 15) is 9.50 Å². The molecule has 4 heteroatoms. The maximum atomic E-state index is 13.6. The van der Waals surface area contributed by atoms with Gasteiger partial charge in [0.2, 0.25) is 0 Å². The lowest BCUT2D eigenvalue weighted by Crippen LogP contribution is -2.07. The van der Waals surface area contributed by atoms with E-state index in [-0.39, 0.29) is 11.4 Å². The lowest BCUT2D eigenvalue weighted by molar-refractivity contribution is 0.215. The number of aliphatic hydroxyl groups excluding tert-OH is 1. The zero-order chi connectivity index (χ0) is 12.4. The van der Waals surface area contributed by atoms with E-state index in [4.69, 9.17) is 5.73 Å². The van der Waals surface area contributed by atoms with E-state index in [2.05, 4.69) is 4.98 Å². The number of nitrogens with zero attached hydrogens (tertiary/aromatic N) is 1. The molecule has 1 aromatic heterocycles. The summed E-state index contributed by atoms with van der Waals surface area (Å²) in [4.78, 5) is 3.87. The van der Waals surface area contributed by atoms with Crippen LogP contribution in [0.15, 0.2) is 36.5 Å². The Bertz CT molecular complexity index is 543. The topological polar surface area (TPSA) is 59.1 Å². The van der Waals surface area contributed by atoms with Gasteiger partial charge in [0.25, 0.3) is 0 Å². The summed E-state index contributed by atoms with van der Waals surface area (Å²) in [7, 11) is 0. The third-order valence-electron chi connectivity index (χ3n) is 2.61. The van der Waals surface area contributed by atoms with Gasteiger partial charge < -0.3 is 10.8 Å². The Hall–Kier alpha value is -1.94. The molecule has 1 aromatic carbocycles. The Kier molecular flexibility index (Phi) is 3.06. The van der Waals surface area contributed by atoms with Gasteiger partial charge in [-0.25, -0.2) is 9.37 Å². The number of halogens is 1. The van der Waals surface area contributed by atoms with Gasteiger partial charge in [-0.05, 0) is 19.1 Å². The molecule has 17 heavy (non-hydrogen) atoms. The average molecular weight is 232 g/mol. The second-order valence-electron chi connectivity index (χ2n) is 3.91. The number of aromatic nitrogens is 1. The van der Waals surface area contributed by atoms with Crippen LogP contribution in [0, 0.1) is 12.7 Å². The monoisotopic (exact) mass is 232 g/mol. The number of aliphatic hydroxyl groups is 1. The van der Waals surface area contributed by atoms with Crippen molar-refractivity contribution in [3.8, 4) is 0 Å². The largest absolute Gasteiger partial charge is 0.383 e.